The molecule has 0 aliphatic rings. The van der Waals surface area contributed by atoms with Crippen LogP contribution >= 0.6 is 27.5 Å². The Bertz CT molecular complexity index is 834. The van der Waals surface area contributed by atoms with Crippen LogP contribution in [0.2, 0.25) is 5.02 Å². The zero-order chi connectivity index (χ0) is 16.9. The number of nitrogens with zero attached hydrogens (tertiary/aromatic N) is 3. The van der Waals surface area contributed by atoms with Gasteiger partial charge < -0.3 is 10.1 Å². The third kappa shape index (κ3) is 4.12. The highest BCUT2D eigenvalue weighted by Gasteiger charge is 2.13. The number of anilines is 1. The Hall–Kier alpha value is -2.38. The van der Waals surface area contributed by atoms with E-state index in [1.807, 2.05) is 0 Å². The zero-order valence-electron chi connectivity index (χ0n) is 12.3. The van der Waals surface area contributed by atoms with Gasteiger partial charge in [0.2, 0.25) is 0 Å². The summed E-state index contributed by atoms with van der Waals surface area (Å²) < 4.78 is 7.90. The van der Waals surface area contributed by atoms with Crippen molar-refractivity contribution in [3.05, 3.63) is 70.0 Å². The van der Waals surface area contributed by atoms with E-state index in [1.54, 1.807) is 48.7 Å². The van der Waals surface area contributed by atoms with Crippen LogP contribution in [0, 0.1) is 0 Å². The minimum absolute atomic E-state index is 0.102. The fourth-order valence-corrected chi connectivity index (χ4v) is 2.29. The van der Waals surface area contributed by atoms with E-state index in [9.17, 15) is 4.79 Å². The van der Waals surface area contributed by atoms with Crippen molar-refractivity contribution in [2.24, 2.45) is 0 Å². The predicted molar refractivity (Wildman–Crippen MR) is 94.2 cm³/mol. The van der Waals surface area contributed by atoms with Crippen LogP contribution in [0.4, 0.5) is 5.82 Å². The lowest BCUT2D eigenvalue weighted by Gasteiger charge is -2.10. The summed E-state index contributed by atoms with van der Waals surface area (Å²) in [5, 5.41) is 7.44. The van der Waals surface area contributed by atoms with Gasteiger partial charge in [0.25, 0.3) is 5.91 Å². The van der Waals surface area contributed by atoms with E-state index in [1.165, 1.54) is 10.9 Å². The van der Waals surface area contributed by atoms with Crippen LogP contribution in [-0.2, 0) is 6.73 Å². The molecule has 0 aliphatic carbocycles. The van der Waals surface area contributed by atoms with Gasteiger partial charge in [-0.25, -0.2) is 9.67 Å². The number of hydrogen-bond acceptors (Lipinski definition) is 4. The highest BCUT2D eigenvalue weighted by Crippen LogP contribution is 2.16. The normalized spacial score (nSPS) is 10.4. The Morgan fingerprint density at radius 3 is 2.71 bits per heavy atom. The molecule has 2 heterocycles. The largest absolute Gasteiger partial charge is 0.471 e. The lowest BCUT2D eigenvalue weighted by atomic mass is 10.3. The molecule has 1 aromatic carbocycles. The summed E-state index contributed by atoms with van der Waals surface area (Å²) >= 11 is 9.13. The molecular formula is C16H12BrClN4O2. The predicted octanol–water partition coefficient (Wildman–Crippen LogP) is 3.98. The lowest BCUT2D eigenvalue weighted by molar-refractivity contribution is 0.100. The van der Waals surface area contributed by atoms with Gasteiger partial charge in [0.15, 0.2) is 6.73 Å². The van der Waals surface area contributed by atoms with E-state index in [2.05, 4.69) is 31.3 Å². The molecule has 122 valence electrons. The number of aromatic nitrogens is 3. The number of benzene rings is 1. The number of pyridine rings is 1. The van der Waals surface area contributed by atoms with Gasteiger partial charge in [-0.2, -0.15) is 5.10 Å². The van der Waals surface area contributed by atoms with Crippen LogP contribution in [0.3, 0.4) is 0 Å². The number of rotatable bonds is 5. The van der Waals surface area contributed by atoms with Crippen LogP contribution in [0.5, 0.6) is 5.75 Å². The summed E-state index contributed by atoms with van der Waals surface area (Å²) in [6, 6.07) is 12.1. The van der Waals surface area contributed by atoms with Gasteiger partial charge in [0, 0.05) is 21.9 Å². The molecule has 0 bridgehead atoms. The van der Waals surface area contributed by atoms with Crippen molar-refractivity contribution in [1.82, 2.24) is 14.8 Å². The number of halogens is 2. The smallest absolute Gasteiger partial charge is 0.275 e. The molecule has 8 heteroatoms. The van der Waals surface area contributed by atoms with Crippen molar-refractivity contribution in [2.75, 3.05) is 5.32 Å². The fraction of sp³-hybridized carbons (Fsp3) is 0.0625. The first-order chi connectivity index (χ1) is 11.6. The molecular weight excluding hydrogens is 396 g/mol. The SMILES string of the molecule is O=C(Nc1ccc(Br)cn1)c1ccnn1COc1ccc(Cl)cc1. The van der Waals surface area contributed by atoms with E-state index in [4.69, 9.17) is 16.3 Å². The van der Waals surface area contributed by atoms with Crippen molar-refractivity contribution < 1.29 is 9.53 Å². The third-order valence-electron chi connectivity index (χ3n) is 3.09. The van der Waals surface area contributed by atoms with Crippen molar-refractivity contribution >= 4 is 39.3 Å². The number of nitrogens with one attached hydrogen (secondary N) is 1. The average molecular weight is 408 g/mol. The minimum Gasteiger partial charge on any atom is -0.471 e. The molecule has 0 fully saturated rings. The third-order valence-corrected chi connectivity index (χ3v) is 3.81. The second kappa shape index (κ2) is 7.46. The number of carbonyl (C=O) groups is 1. The standard InChI is InChI=1S/C16H12BrClN4O2/c17-11-1-6-15(19-9-11)21-16(23)14-7-8-20-22(14)10-24-13-4-2-12(18)3-5-13/h1-9H,10H2,(H,19,21,23). The zero-order valence-corrected chi connectivity index (χ0v) is 14.7. The number of hydrogen-bond donors (Lipinski definition) is 1. The molecule has 24 heavy (non-hydrogen) atoms. The maximum atomic E-state index is 12.3. The van der Waals surface area contributed by atoms with Crippen LogP contribution in [0.1, 0.15) is 10.5 Å². The minimum atomic E-state index is -0.318. The Morgan fingerprint density at radius 2 is 2.00 bits per heavy atom. The van der Waals surface area contributed by atoms with Crippen LogP contribution in [-0.4, -0.2) is 20.7 Å². The van der Waals surface area contributed by atoms with Crippen LogP contribution in [0.15, 0.2) is 59.3 Å². The van der Waals surface area contributed by atoms with Crippen molar-refractivity contribution in [2.45, 2.75) is 6.73 Å². The van der Waals surface area contributed by atoms with E-state index in [0.29, 0.717) is 22.3 Å². The molecule has 0 aliphatic heterocycles. The Balaban J connectivity index is 1.66. The lowest BCUT2D eigenvalue weighted by Crippen LogP contribution is -2.20. The second-order valence-electron chi connectivity index (χ2n) is 4.76. The van der Waals surface area contributed by atoms with E-state index >= 15 is 0 Å². The molecule has 0 atom stereocenters. The number of amides is 1. The Kier molecular flexibility index (Phi) is 5.12. The summed E-state index contributed by atoms with van der Waals surface area (Å²) in [6.45, 7) is 0.102. The van der Waals surface area contributed by atoms with Gasteiger partial charge in [-0.3, -0.25) is 4.79 Å². The van der Waals surface area contributed by atoms with Crippen LogP contribution in [0.25, 0.3) is 0 Å². The first kappa shape index (κ1) is 16.5. The molecule has 6 nitrogen and oxygen atoms in total. The average Bonchev–Trinajstić information content (AvgIpc) is 3.05. The van der Waals surface area contributed by atoms with Gasteiger partial charge in [-0.1, -0.05) is 11.6 Å². The Morgan fingerprint density at radius 1 is 1.21 bits per heavy atom. The summed E-state index contributed by atoms with van der Waals surface area (Å²) in [7, 11) is 0. The first-order valence-electron chi connectivity index (χ1n) is 6.95. The van der Waals surface area contributed by atoms with Gasteiger partial charge in [0.1, 0.15) is 17.3 Å². The highest BCUT2D eigenvalue weighted by molar-refractivity contribution is 9.10. The summed E-state index contributed by atoms with van der Waals surface area (Å²) in [5.41, 5.74) is 0.369. The molecule has 1 amide bonds. The molecule has 3 aromatic rings. The Labute approximate surface area is 151 Å². The van der Waals surface area contributed by atoms with Gasteiger partial charge >= 0.3 is 0 Å². The summed E-state index contributed by atoms with van der Waals surface area (Å²) in [6.07, 6.45) is 3.14. The monoisotopic (exact) mass is 406 g/mol. The molecule has 0 saturated heterocycles. The summed E-state index contributed by atoms with van der Waals surface area (Å²) in [5.74, 6) is 0.771. The molecule has 3 rings (SSSR count). The number of carbonyl (C=O) groups excluding carboxylic acids is 1. The first-order valence-corrected chi connectivity index (χ1v) is 8.12. The van der Waals surface area contributed by atoms with Crippen molar-refractivity contribution in [3.8, 4) is 5.75 Å². The molecule has 0 saturated carbocycles. The molecule has 2 aromatic heterocycles. The topological polar surface area (TPSA) is 69.0 Å². The molecule has 0 radical (unpaired) electrons. The van der Waals surface area contributed by atoms with Crippen LogP contribution < -0.4 is 10.1 Å². The fourth-order valence-electron chi connectivity index (χ4n) is 1.93. The van der Waals surface area contributed by atoms with Gasteiger partial charge in [0.05, 0.1) is 0 Å². The maximum absolute atomic E-state index is 12.3. The molecule has 0 spiro atoms. The molecule has 1 N–H and O–H groups in total. The van der Waals surface area contributed by atoms with Gasteiger partial charge in [-0.15, -0.1) is 0 Å². The van der Waals surface area contributed by atoms with E-state index < -0.39 is 0 Å². The van der Waals surface area contributed by atoms with Crippen molar-refractivity contribution in [3.63, 3.8) is 0 Å². The van der Waals surface area contributed by atoms with E-state index in [-0.39, 0.29) is 12.6 Å². The van der Waals surface area contributed by atoms with Gasteiger partial charge in [-0.05, 0) is 58.4 Å². The number of ether oxygens (including phenoxy) is 1. The highest BCUT2D eigenvalue weighted by atomic mass is 79.9. The quantitative estimate of drug-likeness (QED) is 0.694. The second-order valence-corrected chi connectivity index (χ2v) is 6.11. The van der Waals surface area contributed by atoms with Crippen molar-refractivity contribution in [1.29, 1.82) is 0 Å². The maximum Gasteiger partial charge on any atom is 0.275 e. The van der Waals surface area contributed by atoms with E-state index in [0.717, 1.165) is 4.47 Å². The molecule has 0 unspecified atom stereocenters. The summed E-state index contributed by atoms with van der Waals surface area (Å²) in [4.78, 5) is 16.4.